The molecule has 0 bridgehead atoms. The fourth-order valence-electron chi connectivity index (χ4n) is 1.96. The van der Waals surface area contributed by atoms with Gasteiger partial charge in [-0.1, -0.05) is 6.92 Å². The average molecular weight is 221 g/mol. The van der Waals surface area contributed by atoms with E-state index in [9.17, 15) is 4.79 Å². The molecule has 0 aliphatic carbocycles. The number of carboxylic acids is 1. The summed E-state index contributed by atoms with van der Waals surface area (Å²) in [5.41, 5.74) is 5.90. The Morgan fingerprint density at radius 1 is 1.69 bits per heavy atom. The first-order chi connectivity index (χ1) is 7.58. The fraction of sp³-hybridized carbons (Fsp3) is 0.455. The van der Waals surface area contributed by atoms with Crippen molar-refractivity contribution in [2.24, 2.45) is 5.92 Å². The number of rotatable bonds is 2. The van der Waals surface area contributed by atoms with Gasteiger partial charge in [0.1, 0.15) is 5.82 Å². The van der Waals surface area contributed by atoms with E-state index >= 15 is 0 Å². The molecule has 3 N–H and O–H groups in total. The van der Waals surface area contributed by atoms with Crippen molar-refractivity contribution >= 4 is 17.5 Å². The number of aromatic carboxylic acids is 1. The molecule has 0 amide bonds. The molecular formula is C11H15N3O2. The van der Waals surface area contributed by atoms with Crippen molar-refractivity contribution in [2.75, 3.05) is 23.7 Å². The first-order valence-electron chi connectivity index (χ1n) is 5.31. The quantitative estimate of drug-likeness (QED) is 0.784. The van der Waals surface area contributed by atoms with Gasteiger partial charge in [0, 0.05) is 13.1 Å². The maximum absolute atomic E-state index is 10.9. The van der Waals surface area contributed by atoms with E-state index < -0.39 is 5.97 Å². The van der Waals surface area contributed by atoms with Gasteiger partial charge in [0.05, 0.1) is 17.4 Å². The number of nitrogens with zero attached hydrogens (tertiary/aromatic N) is 2. The van der Waals surface area contributed by atoms with Crippen LogP contribution in [0.2, 0.25) is 0 Å². The third kappa shape index (κ3) is 1.93. The third-order valence-corrected chi connectivity index (χ3v) is 2.90. The summed E-state index contributed by atoms with van der Waals surface area (Å²) in [7, 11) is 0. The van der Waals surface area contributed by atoms with Gasteiger partial charge in [-0.3, -0.25) is 0 Å². The van der Waals surface area contributed by atoms with Crippen LogP contribution in [0.25, 0.3) is 0 Å². The zero-order valence-corrected chi connectivity index (χ0v) is 9.18. The van der Waals surface area contributed by atoms with Crippen LogP contribution in [0, 0.1) is 5.92 Å². The number of hydrogen-bond donors (Lipinski definition) is 2. The number of nitrogens with two attached hydrogens (primary N) is 1. The van der Waals surface area contributed by atoms with Crippen molar-refractivity contribution in [1.82, 2.24) is 4.98 Å². The summed E-state index contributed by atoms with van der Waals surface area (Å²) in [6, 6.07) is 1.55. The normalized spacial score (nSPS) is 20.1. The van der Waals surface area contributed by atoms with E-state index in [1.807, 2.05) is 0 Å². The average Bonchev–Trinajstić information content (AvgIpc) is 2.65. The van der Waals surface area contributed by atoms with Crippen molar-refractivity contribution in [3.63, 3.8) is 0 Å². The number of aromatic nitrogens is 1. The summed E-state index contributed by atoms with van der Waals surface area (Å²) in [5, 5.41) is 8.96. The van der Waals surface area contributed by atoms with Gasteiger partial charge in [-0.15, -0.1) is 0 Å². The van der Waals surface area contributed by atoms with Crippen LogP contribution >= 0.6 is 0 Å². The summed E-state index contributed by atoms with van der Waals surface area (Å²) < 4.78 is 0. The van der Waals surface area contributed by atoms with Crippen molar-refractivity contribution < 1.29 is 9.90 Å². The number of carboxylic acid groups (broad SMARTS) is 1. The van der Waals surface area contributed by atoms with Crippen LogP contribution in [0.15, 0.2) is 12.3 Å². The van der Waals surface area contributed by atoms with Gasteiger partial charge in [0.2, 0.25) is 0 Å². The Bertz CT molecular complexity index is 420. The smallest absolute Gasteiger partial charge is 0.337 e. The third-order valence-electron chi connectivity index (χ3n) is 2.90. The molecule has 5 heteroatoms. The van der Waals surface area contributed by atoms with Gasteiger partial charge in [-0.25, -0.2) is 9.78 Å². The van der Waals surface area contributed by atoms with Gasteiger partial charge in [-0.2, -0.15) is 0 Å². The molecule has 1 aliphatic rings. The number of nitrogen functional groups attached to an aromatic ring is 1. The molecule has 0 radical (unpaired) electrons. The number of hydrogen-bond acceptors (Lipinski definition) is 4. The molecule has 1 aliphatic heterocycles. The second-order valence-corrected chi connectivity index (χ2v) is 4.27. The topological polar surface area (TPSA) is 79.5 Å². The van der Waals surface area contributed by atoms with E-state index in [0.717, 1.165) is 19.5 Å². The molecule has 2 rings (SSSR count). The molecule has 5 nitrogen and oxygen atoms in total. The van der Waals surface area contributed by atoms with Gasteiger partial charge in [-0.05, 0) is 18.4 Å². The lowest BCUT2D eigenvalue weighted by atomic mass is 10.2. The lowest BCUT2D eigenvalue weighted by Crippen LogP contribution is -2.21. The molecule has 1 unspecified atom stereocenters. The summed E-state index contributed by atoms with van der Waals surface area (Å²) in [6.07, 6.45) is 2.54. The highest BCUT2D eigenvalue weighted by molar-refractivity contribution is 5.94. The Balaban J connectivity index is 2.29. The maximum atomic E-state index is 10.9. The standard InChI is InChI=1S/C11H15N3O2/c1-7-2-3-14(6-7)10-4-8(11(15)16)9(12)5-13-10/h4-5,7H,2-3,6,12H2,1H3,(H,15,16). The lowest BCUT2D eigenvalue weighted by molar-refractivity contribution is 0.0698. The van der Waals surface area contributed by atoms with Gasteiger partial charge < -0.3 is 15.7 Å². The van der Waals surface area contributed by atoms with Gasteiger partial charge >= 0.3 is 5.97 Å². The first-order valence-corrected chi connectivity index (χ1v) is 5.31. The van der Waals surface area contributed by atoms with Crippen molar-refractivity contribution in [3.05, 3.63) is 17.8 Å². The second-order valence-electron chi connectivity index (χ2n) is 4.27. The van der Waals surface area contributed by atoms with E-state index in [1.54, 1.807) is 6.07 Å². The van der Waals surface area contributed by atoms with Crippen LogP contribution in [0.3, 0.4) is 0 Å². The summed E-state index contributed by atoms with van der Waals surface area (Å²) in [6.45, 7) is 4.03. The molecule has 2 heterocycles. The zero-order chi connectivity index (χ0) is 11.7. The summed E-state index contributed by atoms with van der Waals surface area (Å²) in [4.78, 5) is 17.2. The van der Waals surface area contributed by atoms with Crippen LogP contribution in [0.1, 0.15) is 23.7 Å². The molecule has 0 spiro atoms. The van der Waals surface area contributed by atoms with E-state index in [4.69, 9.17) is 10.8 Å². The van der Waals surface area contributed by atoms with E-state index in [1.165, 1.54) is 6.20 Å². The molecule has 1 saturated heterocycles. The Morgan fingerprint density at radius 3 is 3.00 bits per heavy atom. The number of carbonyl (C=O) groups is 1. The predicted molar refractivity (Wildman–Crippen MR) is 61.6 cm³/mol. The van der Waals surface area contributed by atoms with Crippen molar-refractivity contribution in [1.29, 1.82) is 0 Å². The Labute approximate surface area is 93.9 Å². The minimum absolute atomic E-state index is 0.129. The van der Waals surface area contributed by atoms with Gasteiger partial charge in [0.25, 0.3) is 0 Å². The Hall–Kier alpha value is -1.78. The highest BCUT2D eigenvalue weighted by Crippen LogP contribution is 2.24. The SMILES string of the molecule is CC1CCN(c2cc(C(=O)O)c(N)cn2)C1. The van der Waals surface area contributed by atoms with Crippen LogP contribution in [0.5, 0.6) is 0 Å². The summed E-state index contributed by atoms with van der Waals surface area (Å²) >= 11 is 0. The fourth-order valence-corrected chi connectivity index (χ4v) is 1.96. The van der Waals surface area contributed by atoms with E-state index in [0.29, 0.717) is 11.7 Å². The molecule has 0 aromatic carbocycles. The monoisotopic (exact) mass is 221 g/mol. The number of anilines is 2. The Kier molecular flexibility index (Phi) is 2.68. The highest BCUT2D eigenvalue weighted by atomic mass is 16.4. The molecule has 1 fully saturated rings. The molecule has 1 aromatic rings. The highest BCUT2D eigenvalue weighted by Gasteiger charge is 2.21. The molecule has 0 saturated carbocycles. The van der Waals surface area contributed by atoms with E-state index in [2.05, 4.69) is 16.8 Å². The van der Waals surface area contributed by atoms with Crippen LogP contribution in [-0.4, -0.2) is 29.1 Å². The first kappa shape index (κ1) is 10.7. The van der Waals surface area contributed by atoms with E-state index in [-0.39, 0.29) is 11.3 Å². The van der Waals surface area contributed by atoms with Crippen molar-refractivity contribution in [2.45, 2.75) is 13.3 Å². The molecular weight excluding hydrogens is 206 g/mol. The minimum atomic E-state index is -1.01. The van der Waals surface area contributed by atoms with Crippen LogP contribution in [-0.2, 0) is 0 Å². The Morgan fingerprint density at radius 2 is 2.44 bits per heavy atom. The van der Waals surface area contributed by atoms with Crippen LogP contribution < -0.4 is 10.6 Å². The molecule has 86 valence electrons. The summed E-state index contributed by atoms with van der Waals surface area (Å²) in [5.74, 6) is 0.331. The molecule has 1 atom stereocenters. The molecule has 1 aromatic heterocycles. The number of pyridine rings is 1. The second kappa shape index (κ2) is 4.00. The maximum Gasteiger partial charge on any atom is 0.337 e. The minimum Gasteiger partial charge on any atom is -0.478 e. The zero-order valence-electron chi connectivity index (χ0n) is 9.18. The van der Waals surface area contributed by atoms with Gasteiger partial charge in [0.15, 0.2) is 0 Å². The predicted octanol–water partition coefficient (Wildman–Crippen LogP) is 1.21. The van der Waals surface area contributed by atoms with Crippen LogP contribution in [0.4, 0.5) is 11.5 Å². The largest absolute Gasteiger partial charge is 0.478 e. The van der Waals surface area contributed by atoms with Crippen molar-refractivity contribution in [3.8, 4) is 0 Å². The lowest BCUT2D eigenvalue weighted by Gasteiger charge is -2.17. The molecule has 16 heavy (non-hydrogen) atoms.